The van der Waals surface area contributed by atoms with Crippen LogP contribution < -0.4 is 0 Å². The molecule has 0 saturated heterocycles. The number of rotatable bonds is 12. The first-order chi connectivity index (χ1) is 20.8. The van der Waals surface area contributed by atoms with E-state index in [2.05, 4.69) is 4.98 Å². The van der Waals surface area contributed by atoms with Crippen LogP contribution in [0, 0.1) is 24.7 Å². The Balaban J connectivity index is 1.29. The van der Waals surface area contributed by atoms with Gasteiger partial charge in [-0.25, -0.2) is 4.98 Å². The number of aryl methyl sites for hydroxylation is 1. The van der Waals surface area contributed by atoms with Gasteiger partial charge in [-0.05, 0) is 61.3 Å². The van der Waals surface area contributed by atoms with Crippen molar-refractivity contribution in [3.63, 3.8) is 0 Å². The summed E-state index contributed by atoms with van der Waals surface area (Å²) in [7, 11) is 1.73. The van der Waals surface area contributed by atoms with Gasteiger partial charge in [0.2, 0.25) is 0 Å². The van der Waals surface area contributed by atoms with Crippen LogP contribution in [0.25, 0.3) is 0 Å². The highest BCUT2D eigenvalue weighted by Gasteiger charge is 2.39. The highest BCUT2D eigenvalue weighted by molar-refractivity contribution is 7.09. The standard InChI is InChI=1S/C36H38N2O4S/c1-24-23-43-34(37-24)22-38(2)36(42)28-15-9-14-27(18-28)32(39)20-30(17-26-12-7-4-8-13-26)35(41)31-19-29(33(40)21-31)16-25-10-5-3-6-11-25/h3-15,18,23,29-31,35,41H,16-17,19-22H2,1-2H3/t29-,30-,31+,35+/m1/s1. The Kier molecular flexibility index (Phi) is 9.95. The Morgan fingerprint density at radius 1 is 0.977 bits per heavy atom. The number of Topliss-reactive ketones (excluding diaryl/α,β-unsaturated/α-hetero) is 2. The van der Waals surface area contributed by atoms with Crippen molar-refractivity contribution in [3.05, 3.63) is 123 Å². The number of carbonyl (C=O) groups is 3. The number of benzene rings is 3. The third kappa shape index (κ3) is 7.92. The summed E-state index contributed by atoms with van der Waals surface area (Å²) in [5.74, 6) is -0.809. The van der Waals surface area contributed by atoms with Crippen molar-refractivity contribution in [1.82, 2.24) is 9.88 Å². The molecular formula is C36H38N2O4S. The highest BCUT2D eigenvalue weighted by Crippen LogP contribution is 2.37. The molecule has 1 heterocycles. The first kappa shape index (κ1) is 30.5. The predicted molar refractivity (Wildman–Crippen MR) is 169 cm³/mol. The average Bonchev–Trinajstić information content (AvgIpc) is 3.61. The van der Waals surface area contributed by atoms with E-state index in [-0.39, 0.29) is 41.6 Å². The maximum atomic E-state index is 13.7. The summed E-state index contributed by atoms with van der Waals surface area (Å²) < 4.78 is 0. The number of hydrogen-bond acceptors (Lipinski definition) is 6. The summed E-state index contributed by atoms with van der Waals surface area (Å²) in [6, 6.07) is 26.7. The van der Waals surface area contributed by atoms with Gasteiger partial charge in [0.25, 0.3) is 5.91 Å². The molecule has 1 aliphatic rings. The minimum atomic E-state index is -0.799. The Bertz CT molecular complexity index is 1550. The molecule has 1 N–H and O–H groups in total. The number of carbonyl (C=O) groups excluding carboxylic acids is 3. The lowest BCUT2D eigenvalue weighted by Crippen LogP contribution is -2.31. The minimum absolute atomic E-state index is 0.121. The summed E-state index contributed by atoms with van der Waals surface area (Å²) in [6.45, 7) is 2.32. The van der Waals surface area contributed by atoms with Crippen LogP contribution >= 0.6 is 11.3 Å². The Labute approximate surface area is 257 Å². The van der Waals surface area contributed by atoms with Gasteiger partial charge in [-0.2, -0.15) is 0 Å². The van der Waals surface area contributed by atoms with Gasteiger partial charge in [-0.1, -0.05) is 72.8 Å². The zero-order valence-corrected chi connectivity index (χ0v) is 25.5. The van der Waals surface area contributed by atoms with Crippen LogP contribution in [0.4, 0.5) is 0 Å². The quantitative estimate of drug-likeness (QED) is 0.193. The molecule has 43 heavy (non-hydrogen) atoms. The van der Waals surface area contributed by atoms with Gasteiger partial charge in [0.15, 0.2) is 5.78 Å². The lowest BCUT2D eigenvalue weighted by Gasteiger charge is -2.27. The molecule has 4 aromatic rings. The number of ketones is 2. The van der Waals surface area contributed by atoms with Crippen LogP contribution in [0.15, 0.2) is 90.3 Å². The van der Waals surface area contributed by atoms with Crippen molar-refractivity contribution in [1.29, 1.82) is 0 Å². The summed E-state index contributed by atoms with van der Waals surface area (Å²) in [4.78, 5) is 45.9. The van der Waals surface area contributed by atoms with E-state index in [1.165, 1.54) is 11.3 Å². The summed E-state index contributed by atoms with van der Waals surface area (Å²) in [6.07, 6.45) is 1.46. The second-order valence-electron chi connectivity index (χ2n) is 11.7. The van der Waals surface area contributed by atoms with E-state index >= 15 is 0 Å². The molecule has 1 amide bonds. The molecule has 0 bridgehead atoms. The molecule has 0 unspecified atom stereocenters. The topological polar surface area (TPSA) is 87.6 Å². The molecule has 7 heteroatoms. The van der Waals surface area contributed by atoms with E-state index in [1.54, 1.807) is 36.2 Å². The SMILES string of the molecule is Cc1csc(CN(C)C(=O)c2cccc(C(=O)C[C@@H](Cc3ccccc3)[C@H](O)[C@@H]3CC(=O)[C@H](Cc4ccccc4)C3)c2)n1. The number of aromatic nitrogens is 1. The summed E-state index contributed by atoms with van der Waals surface area (Å²) in [5, 5.41) is 14.5. The maximum Gasteiger partial charge on any atom is 0.253 e. The normalized spacial score (nSPS) is 17.9. The zero-order chi connectivity index (χ0) is 30.3. The number of aliphatic hydroxyl groups excluding tert-OH is 1. The van der Waals surface area contributed by atoms with Crippen LogP contribution in [0.3, 0.4) is 0 Å². The largest absolute Gasteiger partial charge is 0.393 e. The van der Waals surface area contributed by atoms with Crippen molar-refractivity contribution in [2.24, 2.45) is 17.8 Å². The van der Waals surface area contributed by atoms with Gasteiger partial charge in [-0.3, -0.25) is 14.4 Å². The highest BCUT2D eigenvalue weighted by atomic mass is 32.1. The molecule has 3 aromatic carbocycles. The van der Waals surface area contributed by atoms with Crippen LogP contribution in [0.1, 0.15) is 61.8 Å². The van der Waals surface area contributed by atoms with E-state index in [0.717, 1.165) is 21.8 Å². The fraction of sp³-hybridized carbons (Fsp3) is 0.333. The number of amides is 1. The van der Waals surface area contributed by atoms with Gasteiger partial charge in [0.1, 0.15) is 10.8 Å². The van der Waals surface area contributed by atoms with Crippen molar-refractivity contribution in [2.45, 2.75) is 51.7 Å². The van der Waals surface area contributed by atoms with E-state index in [1.807, 2.05) is 73.0 Å². The molecule has 1 aromatic heterocycles. The molecule has 0 spiro atoms. The average molecular weight is 595 g/mol. The molecule has 1 fully saturated rings. The van der Waals surface area contributed by atoms with Gasteiger partial charge in [-0.15, -0.1) is 11.3 Å². The van der Waals surface area contributed by atoms with Crippen molar-refractivity contribution >= 4 is 28.8 Å². The van der Waals surface area contributed by atoms with E-state index < -0.39 is 6.10 Å². The fourth-order valence-electron chi connectivity index (χ4n) is 6.13. The number of nitrogens with zero attached hydrogens (tertiary/aromatic N) is 2. The third-order valence-electron chi connectivity index (χ3n) is 8.40. The monoisotopic (exact) mass is 594 g/mol. The zero-order valence-electron chi connectivity index (χ0n) is 24.7. The first-order valence-electron chi connectivity index (χ1n) is 14.8. The van der Waals surface area contributed by atoms with Crippen molar-refractivity contribution in [3.8, 4) is 0 Å². The van der Waals surface area contributed by atoms with Crippen LogP contribution in [-0.4, -0.2) is 45.6 Å². The first-order valence-corrected chi connectivity index (χ1v) is 15.7. The molecule has 0 aliphatic heterocycles. The second kappa shape index (κ2) is 14.0. The second-order valence-corrected chi connectivity index (χ2v) is 12.7. The minimum Gasteiger partial charge on any atom is -0.393 e. The molecule has 0 radical (unpaired) electrons. The summed E-state index contributed by atoms with van der Waals surface area (Å²) in [5.41, 5.74) is 3.96. The van der Waals surface area contributed by atoms with Gasteiger partial charge < -0.3 is 10.0 Å². The number of hydrogen-bond donors (Lipinski definition) is 1. The molecular weight excluding hydrogens is 556 g/mol. The number of aliphatic hydroxyl groups is 1. The van der Waals surface area contributed by atoms with E-state index in [4.69, 9.17) is 0 Å². The molecule has 222 valence electrons. The lowest BCUT2D eigenvalue weighted by molar-refractivity contribution is -0.121. The molecule has 5 rings (SSSR count). The van der Waals surface area contributed by atoms with Gasteiger partial charge in [0, 0.05) is 48.0 Å². The molecule has 1 aliphatic carbocycles. The Hall–Kier alpha value is -3.94. The number of thiazole rings is 1. The van der Waals surface area contributed by atoms with Crippen LogP contribution in [-0.2, 0) is 24.2 Å². The fourth-order valence-corrected chi connectivity index (χ4v) is 6.95. The molecule has 6 nitrogen and oxygen atoms in total. The van der Waals surface area contributed by atoms with Crippen LogP contribution in [0.5, 0.6) is 0 Å². The van der Waals surface area contributed by atoms with E-state index in [9.17, 15) is 19.5 Å². The Morgan fingerprint density at radius 3 is 2.33 bits per heavy atom. The van der Waals surface area contributed by atoms with Crippen LogP contribution in [0.2, 0.25) is 0 Å². The molecule has 4 atom stereocenters. The predicted octanol–water partition coefficient (Wildman–Crippen LogP) is 6.35. The maximum absolute atomic E-state index is 13.7. The Morgan fingerprint density at radius 2 is 1.65 bits per heavy atom. The lowest BCUT2D eigenvalue weighted by atomic mass is 9.81. The van der Waals surface area contributed by atoms with Crippen molar-refractivity contribution in [2.75, 3.05) is 7.05 Å². The third-order valence-corrected chi connectivity index (χ3v) is 9.35. The molecule has 1 saturated carbocycles. The van der Waals surface area contributed by atoms with Gasteiger partial charge >= 0.3 is 0 Å². The van der Waals surface area contributed by atoms with E-state index in [0.29, 0.717) is 43.4 Å². The summed E-state index contributed by atoms with van der Waals surface area (Å²) >= 11 is 1.52. The van der Waals surface area contributed by atoms with Gasteiger partial charge in [0.05, 0.1) is 12.6 Å². The van der Waals surface area contributed by atoms with Crippen molar-refractivity contribution < 1.29 is 19.5 Å². The smallest absolute Gasteiger partial charge is 0.253 e.